The van der Waals surface area contributed by atoms with Gasteiger partial charge in [-0.05, 0) is 37.3 Å². The van der Waals surface area contributed by atoms with Gasteiger partial charge in [-0.2, -0.15) is 0 Å². The maximum Gasteiger partial charge on any atom is 0.236 e. The third-order valence-electron chi connectivity index (χ3n) is 4.66. The molecule has 0 saturated carbocycles. The van der Waals surface area contributed by atoms with E-state index in [0.29, 0.717) is 38.5 Å². The van der Waals surface area contributed by atoms with Gasteiger partial charge in [0.05, 0.1) is 24.1 Å². The first kappa shape index (κ1) is 23.6. The molecule has 0 saturated heterocycles. The van der Waals surface area contributed by atoms with E-state index in [2.05, 4.69) is 20.5 Å². The number of rotatable bonds is 8. The number of halogens is 2. The maximum atomic E-state index is 12.5. The predicted molar refractivity (Wildman–Crippen MR) is 135 cm³/mol. The third kappa shape index (κ3) is 5.50. The second-order valence-electron chi connectivity index (χ2n) is 6.78. The lowest BCUT2D eigenvalue weighted by molar-refractivity contribution is -0.113. The summed E-state index contributed by atoms with van der Waals surface area (Å²) in [6.45, 7) is 2.61. The van der Waals surface area contributed by atoms with E-state index in [9.17, 15) is 4.79 Å². The van der Waals surface area contributed by atoms with E-state index in [1.807, 2.05) is 41.1 Å². The van der Waals surface area contributed by atoms with E-state index in [1.165, 1.54) is 23.1 Å². The number of anilines is 1. The van der Waals surface area contributed by atoms with Crippen LogP contribution in [0.1, 0.15) is 6.92 Å². The minimum atomic E-state index is -0.176. The quantitative estimate of drug-likeness (QED) is 0.281. The maximum absolute atomic E-state index is 12.5. The summed E-state index contributed by atoms with van der Waals surface area (Å²) in [5, 5.41) is 15.7. The first-order valence-corrected chi connectivity index (χ1v) is 12.5. The average molecular weight is 520 g/mol. The van der Waals surface area contributed by atoms with Crippen LogP contribution >= 0.6 is 46.3 Å². The number of thiazole rings is 1. The second kappa shape index (κ2) is 10.6. The molecule has 170 valence electrons. The van der Waals surface area contributed by atoms with Crippen molar-refractivity contribution in [2.75, 3.05) is 18.2 Å². The molecule has 11 heteroatoms. The molecule has 0 unspecified atom stereocenters. The molecule has 2 heterocycles. The lowest BCUT2D eigenvalue weighted by Crippen LogP contribution is -2.14. The Balaban J connectivity index is 1.43. The summed E-state index contributed by atoms with van der Waals surface area (Å²) >= 11 is 14.8. The molecule has 2 aromatic carbocycles. The molecule has 0 aliphatic carbocycles. The number of ether oxygens (including phenoxy) is 1. The molecule has 1 N–H and O–H groups in total. The minimum Gasteiger partial charge on any atom is -0.496 e. The normalized spacial score (nSPS) is 10.9. The van der Waals surface area contributed by atoms with Crippen LogP contribution in [0.25, 0.3) is 22.6 Å². The summed E-state index contributed by atoms with van der Waals surface area (Å²) in [7, 11) is 1.59. The predicted octanol–water partition coefficient (Wildman–Crippen LogP) is 6.13. The van der Waals surface area contributed by atoms with Gasteiger partial charge in [-0.15, -0.1) is 21.5 Å². The first-order valence-electron chi connectivity index (χ1n) is 9.89. The standard InChI is InChI=1S/C22H19Cl2N5O2S2/c1-3-29-20(16-10-15(24)8-9-18(16)31-2)27-28-22(29)33-12-19(30)26-21-25-17(11-32-21)13-4-6-14(23)7-5-13/h4-11H,3,12H2,1-2H3,(H,25,26,30). The van der Waals surface area contributed by atoms with E-state index in [-0.39, 0.29) is 11.7 Å². The SMILES string of the molecule is CCn1c(SCC(=O)Nc2nc(-c3ccc(Cl)cc3)cs2)nnc1-c1cc(Cl)ccc1OC. The lowest BCUT2D eigenvalue weighted by atomic mass is 10.2. The number of thioether (sulfide) groups is 1. The zero-order chi connectivity index (χ0) is 23.4. The van der Waals surface area contributed by atoms with Crippen LogP contribution in [-0.2, 0) is 11.3 Å². The van der Waals surface area contributed by atoms with E-state index < -0.39 is 0 Å². The highest BCUT2D eigenvalue weighted by Crippen LogP contribution is 2.33. The topological polar surface area (TPSA) is 81.9 Å². The molecule has 7 nitrogen and oxygen atoms in total. The number of nitrogens with one attached hydrogen (secondary N) is 1. The van der Waals surface area contributed by atoms with Gasteiger partial charge in [-0.3, -0.25) is 4.79 Å². The number of hydrogen-bond acceptors (Lipinski definition) is 7. The highest BCUT2D eigenvalue weighted by Gasteiger charge is 2.18. The van der Waals surface area contributed by atoms with Crippen molar-refractivity contribution in [1.82, 2.24) is 19.7 Å². The number of benzene rings is 2. The smallest absolute Gasteiger partial charge is 0.236 e. The van der Waals surface area contributed by atoms with Gasteiger partial charge in [-0.25, -0.2) is 4.98 Å². The van der Waals surface area contributed by atoms with Gasteiger partial charge in [0.1, 0.15) is 5.75 Å². The summed E-state index contributed by atoms with van der Waals surface area (Å²) in [5.74, 6) is 1.27. The number of nitrogens with zero attached hydrogens (tertiary/aromatic N) is 4. The average Bonchev–Trinajstić information content (AvgIpc) is 3.45. The molecule has 0 spiro atoms. The molecular weight excluding hydrogens is 501 g/mol. The largest absolute Gasteiger partial charge is 0.496 e. The summed E-state index contributed by atoms with van der Waals surface area (Å²) in [6, 6.07) is 12.7. The molecule has 0 bridgehead atoms. The van der Waals surface area contributed by atoms with Gasteiger partial charge >= 0.3 is 0 Å². The minimum absolute atomic E-state index is 0.167. The number of hydrogen-bond donors (Lipinski definition) is 1. The Morgan fingerprint density at radius 1 is 1.15 bits per heavy atom. The van der Waals surface area contributed by atoms with Crippen molar-refractivity contribution in [3.05, 3.63) is 57.9 Å². The van der Waals surface area contributed by atoms with Gasteiger partial charge in [0.25, 0.3) is 0 Å². The van der Waals surface area contributed by atoms with Crippen LogP contribution in [0.5, 0.6) is 5.75 Å². The molecule has 0 radical (unpaired) electrons. The van der Waals surface area contributed by atoms with Crippen LogP contribution in [0.2, 0.25) is 10.0 Å². The van der Waals surface area contributed by atoms with Crippen molar-refractivity contribution in [1.29, 1.82) is 0 Å². The number of aromatic nitrogens is 4. The molecule has 33 heavy (non-hydrogen) atoms. The third-order valence-corrected chi connectivity index (χ3v) is 6.87. The number of amides is 1. The summed E-state index contributed by atoms with van der Waals surface area (Å²) in [4.78, 5) is 17.0. The fourth-order valence-electron chi connectivity index (χ4n) is 3.10. The van der Waals surface area contributed by atoms with Crippen molar-refractivity contribution in [2.45, 2.75) is 18.6 Å². The second-order valence-corrected chi connectivity index (χ2v) is 9.45. The molecule has 1 amide bonds. The van der Waals surface area contributed by atoms with Crippen LogP contribution in [-0.4, -0.2) is 38.5 Å². The van der Waals surface area contributed by atoms with Crippen molar-refractivity contribution in [3.63, 3.8) is 0 Å². The van der Waals surface area contributed by atoms with Crippen LogP contribution in [0, 0.1) is 0 Å². The summed E-state index contributed by atoms with van der Waals surface area (Å²) in [5.41, 5.74) is 2.46. The summed E-state index contributed by atoms with van der Waals surface area (Å²) < 4.78 is 7.37. The van der Waals surface area contributed by atoms with Crippen molar-refractivity contribution >= 4 is 57.3 Å². The van der Waals surface area contributed by atoms with Gasteiger partial charge in [0, 0.05) is 27.5 Å². The van der Waals surface area contributed by atoms with Crippen LogP contribution in [0.15, 0.2) is 53.0 Å². The molecule has 0 aliphatic rings. The van der Waals surface area contributed by atoms with Gasteiger partial charge in [0.2, 0.25) is 5.91 Å². The molecule has 4 aromatic rings. The molecule has 2 aromatic heterocycles. The zero-order valence-corrected chi connectivity index (χ0v) is 20.9. The highest BCUT2D eigenvalue weighted by molar-refractivity contribution is 7.99. The van der Waals surface area contributed by atoms with Crippen LogP contribution in [0.4, 0.5) is 5.13 Å². The number of methoxy groups -OCH3 is 1. The molecule has 4 rings (SSSR count). The Kier molecular flexibility index (Phi) is 7.54. The van der Waals surface area contributed by atoms with Gasteiger partial charge in [0.15, 0.2) is 16.1 Å². The Morgan fingerprint density at radius 2 is 1.91 bits per heavy atom. The van der Waals surface area contributed by atoms with Crippen molar-refractivity contribution in [3.8, 4) is 28.4 Å². The Labute approximate surface area is 209 Å². The van der Waals surface area contributed by atoms with Crippen molar-refractivity contribution in [2.24, 2.45) is 0 Å². The molecule has 0 fully saturated rings. The summed E-state index contributed by atoms with van der Waals surface area (Å²) in [6.07, 6.45) is 0. The molecule has 0 atom stereocenters. The van der Waals surface area contributed by atoms with Crippen LogP contribution < -0.4 is 10.1 Å². The Bertz CT molecular complexity index is 1270. The molecule has 0 aliphatic heterocycles. The fraction of sp³-hybridized carbons (Fsp3) is 0.182. The van der Waals surface area contributed by atoms with E-state index in [1.54, 1.807) is 25.3 Å². The Hall–Kier alpha value is -2.59. The van der Waals surface area contributed by atoms with Crippen molar-refractivity contribution < 1.29 is 9.53 Å². The molecular formula is C22H19Cl2N5O2S2. The van der Waals surface area contributed by atoms with E-state index in [0.717, 1.165) is 16.8 Å². The highest BCUT2D eigenvalue weighted by atomic mass is 35.5. The van der Waals surface area contributed by atoms with Gasteiger partial charge in [-0.1, -0.05) is 47.1 Å². The monoisotopic (exact) mass is 519 g/mol. The first-order chi connectivity index (χ1) is 16.0. The van der Waals surface area contributed by atoms with Crippen LogP contribution in [0.3, 0.4) is 0 Å². The Morgan fingerprint density at radius 3 is 2.64 bits per heavy atom. The van der Waals surface area contributed by atoms with Gasteiger partial charge < -0.3 is 14.6 Å². The lowest BCUT2D eigenvalue weighted by Gasteiger charge is -2.11. The number of carbonyl (C=O) groups excluding carboxylic acids is 1. The zero-order valence-electron chi connectivity index (χ0n) is 17.7. The fourth-order valence-corrected chi connectivity index (χ4v) is 4.94. The number of carbonyl (C=O) groups is 1. The van der Waals surface area contributed by atoms with E-state index >= 15 is 0 Å². The van der Waals surface area contributed by atoms with E-state index in [4.69, 9.17) is 27.9 Å².